The molecule has 0 bridgehead atoms. The number of carbonyl (C=O) groups is 1. The van der Waals surface area contributed by atoms with Crippen LogP contribution < -0.4 is 0 Å². The zero-order valence-electron chi connectivity index (χ0n) is 11.4. The second kappa shape index (κ2) is 5.83. The van der Waals surface area contributed by atoms with Gasteiger partial charge in [-0.15, -0.1) is 0 Å². The van der Waals surface area contributed by atoms with E-state index in [0.717, 1.165) is 16.5 Å². The lowest BCUT2D eigenvalue weighted by Crippen LogP contribution is -2.07. The highest BCUT2D eigenvalue weighted by atomic mass is 19.1. The van der Waals surface area contributed by atoms with Crippen molar-refractivity contribution in [2.75, 3.05) is 0 Å². The van der Waals surface area contributed by atoms with E-state index in [1.54, 1.807) is 18.3 Å². The molecule has 1 aromatic heterocycles. The Labute approximate surface area is 122 Å². The van der Waals surface area contributed by atoms with Gasteiger partial charge in [0.25, 0.3) is 0 Å². The second-order valence-corrected chi connectivity index (χ2v) is 5.01. The number of aromatic nitrogens is 1. The average molecular weight is 279 g/mol. The Hall–Kier alpha value is -2.55. The number of hydrogen-bond acceptors (Lipinski definition) is 2. The molecule has 3 aromatic rings. The van der Waals surface area contributed by atoms with E-state index in [9.17, 15) is 9.18 Å². The van der Waals surface area contributed by atoms with Crippen molar-refractivity contribution < 1.29 is 9.18 Å². The van der Waals surface area contributed by atoms with Crippen molar-refractivity contribution >= 4 is 16.7 Å². The van der Waals surface area contributed by atoms with Gasteiger partial charge in [0.1, 0.15) is 11.6 Å². The highest BCUT2D eigenvalue weighted by Gasteiger charge is 2.09. The molecule has 0 saturated carbocycles. The van der Waals surface area contributed by atoms with Gasteiger partial charge in [0, 0.05) is 24.4 Å². The minimum atomic E-state index is -0.310. The summed E-state index contributed by atoms with van der Waals surface area (Å²) < 4.78 is 13.1. The third kappa shape index (κ3) is 3.14. The van der Waals surface area contributed by atoms with Gasteiger partial charge in [-0.05, 0) is 35.4 Å². The summed E-state index contributed by atoms with van der Waals surface area (Å²) in [4.78, 5) is 16.5. The zero-order chi connectivity index (χ0) is 14.7. The highest BCUT2D eigenvalue weighted by Crippen LogP contribution is 2.17. The number of carbonyl (C=O) groups excluding carboxylic acids is 1. The van der Waals surface area contributed by atoms with Crippen LogP contribution in [0.1, 0.15) is 11.1 Å². The second-order valence-electron chi connectivity index (χ2n) is 5.01. The molecule has 0 amide bonds. The summed E-state index contributed by atoms with van der Waals surface area (Å²) >= 11 is 0. The minimum Gasteiger partial charge on any atom is -0.299 e. The van der Waals surface area contributed by atoms with Crippen molar-refractivity contribution in [2.24, 2.45) is 0 Å². The fourth-order valence-electron chi connectivity index (χ4n) is 2.46. The van der Waals surface area contributed by atoms with Gasteiger partial charge in [0.2, 0.25) is 0 Å². The number of benzene rings is 2. The van der Waals surface area contributed by atoms with E-state index in [0.29, 0.717) is 12.0 Å². The lowest BCUT2D eigenvalue weighted by Gasteiger charge is -2.06. The largest absolute Gasteiger partial charge is 0.299 e. The Morgan fingerprint density at radius 2 is 1.86 bits per heavy atom. The molecule has 0 aliphatic heterocycles. The first kappa shape index (κ1) is 13.4. The first-order valence-corrected chi connectivity index (χ1v) is 6.81. The van der Waals surface area contributed by atoms with Gasteiger partial charge in [-0.3, -0.25) is 9.78 Å². The number of hydrogen-bond donors (Lipinski definition) is 0. The Morgan fingerprint density at radius 3 is 2.71 bits per heavy atom. The smallest absolute Gasteiger partial charge is 0.141 e. The maximum absolute atomic E-state index is 13.1. The van der Waals surface area contributed by atoms with Crippen molar-refractivity contribution in [1.29, 1.82) is 0 Å². The number of ketones is 1. The summed E-state index contributed by atoms with van der Waals surface area (Å²) in [5.41, 5.74) is 2.55. The lowest BCUT2D eigenvalue weighted by atomic mass is 10.00. The number of halogens is 1. The van der Waals surface area contributed by atoms with Crippen molar-refractivity contribution in [3.8, 4) is 0 Å². The molecule has 2 nitrogen and oxygen atoms in total. The number of para-hydroxylation sites is 1. The molecule has 0 spiro atoms. The molecule has 2 aromatic carbocycles. The van der Waals surface area contributed by atoms with Crippen LogP contribution in [-0.4, -0.2) is 10.8 Å². The Bertz CT molecular complexity index is 793. The van der Waals surface area contributed by atoms with E-state index < -0.39 is 0 Å². The van der Waals surface area contributed by atoms with Crippen LogP contribution in [0, 0.1) is 5.82 Å². The normalized spacial score (nSPS) is 10.7. The topological polar surface area (TPSA) is 30.0 Å². The SMILES string of the molecule is O=C(Cc1cccc(F)c1)Cc1ccnc2ccccc12. The Kier molecular flexibility index (Phi) is 3.73. The van der Waals surface area contributed by atoms with Crippen LogP contribution in [0.25, 0.3) is 10.9 Å². The van der Waals surface area contributed by atoms with Gasteiger partial charge < -0.3 is 0 Å². The van der Waals surface area contributed by atoms with E-state index in [1.165, 1.54) is 12.1 Å². The standard InChI is InChI=1S/C18H14FNO/c19-15-5-3-4-13(10-15)11-16(21)12-14-8-9-20-18-7-2-1-6-17(14)18/h1-10H,11-12H2. The Morgan fingerprint density at radius 1 is 1.00 bits per heavy atom. The molecule has 0 radical (unpaired) electrons. The molecule has 0 N–H and O–H groups in total. The Balaban J connectivity index is 1.80. The van der Waals surface area contributed by atoms with Crippen LogP contribution in [0.2, 0.25) is 0 Å². The lowest BCUT2D eigenvalue weighted by molar-refractivity contribution is -0.117. The molecule has 3 heteroatoms. The molecule has 0 saturated heterocycles. The molecule has 0 aliphatic carbocycles. The van der Waals surface area contributed by atoms with Crippen molar-refractivity contribution in [2.45, 2.75) is 12.8 Å². The van der Waals surface area contributed by atoms with Crippen molar-refractivity contribution in [3.05, 3.63) is 77.7 Å². The maximum Gasteiger partial charge on any atom is 0.141 e. The van der Waals surface area contributed by atoms with Gasteiger partial charge >= 0.3 is 0 Å². The summed E-state index contributed by atoms with van der Waals surface area (Å²) in [6.45, 7) is 0. The summed E-state index contributed by atoms with van der Waals surface area (Å²) in [7, 11) is 0. The molecule has 21 heavy (non-hydrogen) atoms. The predicted octanol–water partition coefficient (Wildman–Crippen LogP) is 3.73. The maximum atomic E-state index is 13.1. The van der Waals surface area contributed by atoms with Crippen LogP contribution in [0.3, 0.4) is 0 Å². The van der Waals surface area contributed by atoms with Gasteiger partial charge in [0.15, 0.2) is 0 Å². The van der Waals surface area contributed by atoms with E-state index in [-0.39, 0.29) is 18.0 Å². The summed E-state index contributed by atoms with van der Waals surface area (Å²) in [5, 5.41) is 0.993. The van der Waals surface area contributed by atoms with Gasteiger partial charge in [-0.1, -0.05) is 30.3 Å². The molecule has 0 unspecified atom stereocenters. The molecule has 1 heterocycles. The quantitative estimate of drug-likeness (QED) is 0.728. The van der Waals surface area contributed by atoms with Crippen LogP contribution in [0.5, 0.6) is 0 Å². The first-order chi connectivity index (χ1) is 10.2. The van der Waals surface area contributed by atoms with Crippen molar-refractivity contribution in [3.63, 3.8) is 0 Å². The molecule has 0 fully saturated rings. The number of fused-ring (bicyclic) bond motifs is 1. The van der Waals surface area contributed by atoms with Gasteiger partial charge in [-0.2, -0.15) is 0 Å². The van der Waals surface area contributed by atoms with E-state index in [4.69, 9.17) is 0 Å². The number of rotatable bonds is 4. The summed E-state index contributed by atoms with van der Waals surface area (Å²) in [5.74, 6) is -0.244. The first-order valence-electron chi connectivity index (χ1n) is 6.81. The van der Waals surface area contributed by atoms with Gasteiger partial charge in [0.05, 0.1) is 5.52 Å². The van der Waals surface area contributed by atoms with Gasteiger partial charge in [-0.25, -0.2) is 4.39 Å². The monoisotopic (exact) mass is 279 g/mol. The molecule has 3 rings (SSSR count). The molecular formula is C18H14FNO. The number of Topliss-reactive ketones (excluding diaryl/α,β-unsaturated/α-hetero) is 1. The highest BCUT2D eigenvalue weighted by molar-refractivity contribution is 5.89. The minimum absolute atomic E-state index is 0.0666. The number of nitrogens with zero attached hydrogens (tertiary/aromatic N) is 1. The fraction of sp³-hybridized carbons (Fsp3) is 0.111. The van der Waals surface area contributed by atoms with E-state index in [1.807, 2.05) is 30.3 Å². The van der Waals surface area contributed by atoms with Crippen LogP contribution >= 0.6 is 0 Å². The van der Waals surface area contributed by atoms with E-state index in [2.05, 4.69) is 4.98 Å². The van der Waals surface area contributed by atoms with Crippen LogP contribution in [0.4, 0.5) is 4.39 Å². The zero-order valence-corrected chi connectivity index (χ0v) is 11.4. The molecule has 0 atom stereocenters. The summed E-state index contributed by atoms with van der Waals surface area (Å²) in [6, 6.07) is 15.8. The average Bonchev–Trinajstić information content (AvgIpc) is 2.47. The fourth-order valence-corrected chi connectivity index (χ4v) is 2.46. The van der Waals surface area contributed by atoms with Crippen LogP contribution in [-0.2, 0) is 17.6 Å². The predicted molar refractivity (Wildman–Crippen MR) is 80.6 cm³/mol. The number of pyridine rings is 1. The van der Waals surface area contributed by atoms with Crippen LogP contribution in [0.15, 0.2) is 60.8 Å². The molecule has 104 valence electrons. The third-order valence-electron chi connectivity index (χ3n) is 3.42. The third-order valence-corrected chi connectivity index (χ3v) is 3.42. The van der Waals surface area contributed by atoms with E-state index >= 15 is 0 Å². The molecule has 0 aliphatic rings. The van der Waals surface area contributed by atoms with Crippen molar-refractivity contribution in [1.82, 2.24) is 4.98 Å². The summed E-state index contributed by atoms with van der Waals surface area (Å²) in [6.07, 6.45) is 2.29. The molecular weight excluding hydrogens is 265 g/mol.